The number of benzene rings is 2. The van der Waals surface area contributed by atoms with E-state index >= 15 is 0 Å². The molecular formula is C26H35NO9S. The zero-order valence-electron chi connectivity index (χ0n) is 21.8. The first kappa shape index (κ1) is 30.2. The van der Waals surface area contributed by atoms with Crippen molar-refractivity contribution in [1.29, 1.82) is 0 Å². The van der Waals surface area contributed by atoms with Crippen molar-refractivity contribution in [3.8, 4) is 5.75 Å². The van der Waals surface area contributed by atoms with Gasteiger partial charge in [-0.1, -0.05) is 30.3 Å². The second-order valence-corrected chi connectivity index (χ2v) is 10.9. The number of sulfonamides is 1. The summed E-state index contributed by atoms with van der Waals surface area (Å²) in [6.45, 7) is 8.16. The van der Waals surface area contributed by atoms with Crippen molar-refractivity contribution in [3.05, 3.63) is 59.7 Å². The number of carboxylic acids is 1. The summed E-state index contributed by atoms with van der Waals surface area (Å²) in [4.78, 5) is 24.1. The lowest BCUT2D eigenvalue weighted by molar-refractivity contribution is -0.158. The van der Waals surface area contributed by atoms with Crippen LogP contribution in [0.3, 0.4) is 0 Å². The van der Waals surface area contributed by atoms with Crippen LogP contribution in [0.2, 0.25) is 0 Å². The summed E-state index contributed by atoms with van der Waals surface area (Å²) < 4.78 is 50.3. The summed E-state index contributed by atoms with van der Waals surface area (Å²) in [6, 6.07) is 12.5. The van der Waals surface area contributed by atoms with Gasteiger partial charge in [0.15, 0.2) is 6.29 Å². The van der Waals surface area contributed by atoms with Gasteiger partial charge in [-0.2, -0.15) is 4.31 Å². The highest BCUT2D eigenvalue weighted by Crippen LogP contribution is 2.27. The van der Waals surface area contributed by atoms with Gasteiger partial charge in [0.25, 0.3) is 0 Å². The molecule has 0 unspecified atom stereocenters. The van der Waals surface area contributed by atoms with Crippen LogP contribution in [-0.4, -0.2) is 68.0 Å². The topological polar surface area (TPSA) is 129 Å². The maximum Gasteiger partial charge on any atom is 0.339 e. The van der Waals surface area contributed by atoms with Crippen LogP contribution < -0.4 is 4.74 Å². The number of ether oxygens (including phenoxy) is 4. The molecule has 0 aliphatic heterocycles. The van der Waals surface area contributed by atoms with E-state index in [0.29, 0.717) is 0 Å². The van der Waals surface area contributed by atoms with Gasteiger partial charge in [-0.3, -0.25) is 4.79 Å². The average molecular weight is 538 g/mol. The SMILES string of the molecule is CCOC(CN(CC(=O)OC(C)(C)C)S(=O)(=O)c1ccc(C(=O)O)c(OCc2ccccc2)c1)OCC. The first-order chi connectivity index (χ1) is 17.4. The molecule has 2 rings (SSSR count). The highest BCUT2D eigenvalue weighted by atomic mass is 32.2. The van der Waals surface area contributed by atoms with Crippen molar-refractivity contribution in [1.82, 2.24) is 4.31 Å². The van der Waals surface area contributed by atoms with Crippen molar-refractivity contribution in [2.75, 3.05) is 26.3 Å². The first-order valence-corrected chi connectivity index (χ1v) is 13.3. The predicted octanol–water partition coefficient (Wildman–Crippen LogP) is 3.70. The summed E-state index contributed by atoms with van der Waals surface area (Å²) in [5.74, 6) is -2.16. The summed E-state index contributed by atoms with van der Waals surface area (Å²) in [5, 5.41) is 9.60. The van der Waals surface area contributed by atoms with E-state index in [1.54, 1.807) is 58.9 Å². The van der Waals surface area contributed by atoms with E-state index in [2.05, 4.69) is 0 Å². The summed E-state index contributed by atoms with van der Waals surface area (Å²) >= 11 is 0. The van der Waals surface area contributed by atoms with Gasteiger partial charge >= 0.3 is 11.9 Å². The van der Waals surface area contributed by atoms with Gasteiger partial charge in [-0.05, 0) is 52.3 Å². The molecule has 0 atom stereocenters. The lowest BCUT2D eigenvalue weighted by Gasteiger charge is -2.28. The molecule has 2 aromatic rings. The Kier molecular flexibility index (Phi) is 11.1. The Morgan fingerprint density at radius 2 is 1.62 bits per heavy atom. The second kappa shape index (κ2) is 13.5. The maximum atomic E-state index is 13.7. The molecule has 0 amide bonds. The van der Waals surface area contributed by atoms with E-state index in [1.807, 2.05) is 6.07 Å². The number of nitrogens with zero attached hydrogens (tertiary/aromatic N) is 1. The summed E-state index contributed by atoms with van der Waals surface area (Å²) in [5.41, 5.74) is -0.252. The number of aromatic carboxylic acids is 1. The number of hydrogen-bond donors (Lipinski definition) is 1. The molecule has 0 aliphatic rings. The number of carboxylic acid groups (broad SMARTS) is 1. The molecule has 10 nitrogen and oxygen atoms in total. The molecular weight excluding hydrogens is 502 g/mol. The quantitative estimate of drug-likeness (QED) is 0.283. The molecule has 0 bridgehead atoms. The normalized spacial score (nSPS) is 12.1. The number of carbonyl (C=O) groups is 2. The number of hydrogen-bond acceptors (Lipinski definition) is 8. The van der Waals surface area contributed by atoms with Gasteiger partial charge in [0, 0.05) is 19.3 Å². The fourth-order valence-corrected chi connectivity index (χ4v) is 4.69. The Morgan fingerprint density at radius 3 is 2.16 bits per heavy atom. The monoisotopic (exact) mass is 537 g/mol. The molecule has 37 heavy (non-hydrogen) atoms. The minimum Gasteiger partial charge on any atom is -0.488 e. The highest BCUT2D eigenvalue weighted by Gasteiger charge is 2.32. The van der Waals surface area contributed by atoms with Crippen LogP contribution in [0.25, 0.3) is 0 Å². The largest absolute Gasteiger partial charge is 0.488 e. The van der Waals surface area contributed by atoms with Crippen molar-refractivity contribution < 1.29 is 42.1 Å². The van der Waals surface area contributed by atoms with Crippen molar-refractivity contribution >= 4 is 22.0 Å². The zero-order chi connectivity index (χ0) is 27.6. The van der Waals surface area contributed by atoms with Crippen LogP contribution in [0.4, 0.5) is 0 Å². The van der Waals surface area contributed by atoms with Gasteiger partial charge in [-0.15, -0.1) is 0 Å². The summed E-state index contributed by atoms with van der Waals surface area (Å²) in [7, 11) is -4.33. The standard InChI is InChI=1S/C26H35NO9S/c1-6-33-24(34-7-2)17-27(16-23(28)36-26(3,4)5)37(31,32)20-13-14-21(25(29)30)22(15-20)35-18-19-11-9-8-10-12-19/h8-15,24H,6-7,16-18H2,1-5H3,(H,29,30). The van der Waals surface area contributed by atoms with E-state index in [4.69, 9.17) is 18.9 Å². The highest BCUT2D eigenvalue weighted by molar-refractivity contribution is 7.89. The van der Waals surface area contributed by atoms with E-state index in [1.165, 1.54) is 0 Å². The molecule has 0 saturated heterocycles. The fourth-order valence-electron chi connectivity index (χ4n) is 3.30. The molecule has 204 valence electrons. The Morgan fingerprint density at radius 1 is 1.00 bits per heavy atom. The van der Waals surface area contributed by atoms with Gasteiger partial charge in [0.05, 0.1) is 11.4 Å². The van der Waals surface area contributed by atoms with Gasteiger partial charge in [-0.25, -0.2) is 13.2 Å². The van der Waals surface area contributed by atoms with Crippen molar-refractivity contribution in [2.45, 2.75) is 58.0 Å². The predicted molar refractivity (Wildman–Crippen MR) is 136 cm³/mol. The van der Waals surface area contributed by atoms with Crippen LogP contribution >= 0.6 is 0 Å². The molecule has 1 N–H and O–H groups in total. The third-order valence-electron chi connectivity index (χ3n) is 4.84. The minimum atomic E-state index is -4.33. The average Bonchev–Trinajstić information content (AvgIpc) is 2.81. The molecule has 0 fully saturated rings. The van der Waals surface area contributed by atoms with Gasteiger partial charge < -0.3 is 24.1 Å². The lowest BCUT2D eigenvalue weighted by Crippen LogP contribution is -2.44. The maximum absolute atomic E-state index is 13.7. The third kappa shape index (κ3) is 9.43. The Labute approximate surface area is 218 Å². The molecule has 0 saturated carbocycles. The number of carbonyl (C=O) groups excluding carboxylic acids is 1. The minimum absolute atomic E-state index is 0.0308. The van der Waals surface area contributed by atoms with Crippen LogP contribution in [0.5, 0.6) is 5.75 Å². The van der Waals surface area contributed by atoms with Gasteiger partial charge in [0.1, 0.15) is 30.1 Å². The van der Waals surface area contributed by atoms with Crippen LogP contribution in [-0.2, 0) is 35.6 Å². The van der Waals surface area contributed by atoms with Crippen molar-refractivity contribution in [2.24, 2.45) is 0 Å². The van der Waals surface area contributed by atoms with E-state index in [-0.39, 0.29) is 42.6 Å². The Hall–Kier alpha value is -2.99. The second-order valence-electron chi connectivity index (χ2n) is 8.96. The molecule has 0 radical (unpaired) electrons. The first-order valence-electron chi connectivity index (χ1n) is 11.9. The van der Waals surface area contributed by atoms with Crippen LogP contribution in [0, 0.1) is 0 Å². The molecule has 11 heteroatoms. The van der Waals surface area contributed by atoms with E-state index < -0.39 is 40.4 Å². The van der Waals surface area contributed by atoms with Crippen LogP contribution in [0.15, 0.2) is 53.4 Å². The Balaban J connectivity index is 2.44. The van der Waals surface area contributed by atoms with Gasteiger partial charge in [0.2, 0.25) is 10.0 Å². The lowest BCUT2D eigenvalue weighted by atomic mass is 10.2. The third-order valence-corrected chi connectivity index (χ3v) is 6.65. The zero-order valence-corrected chi connectivity index (χ0v) is 22.6. The molecule has 0 aliphatic carbocycles. The van der Waals surface area contributed by atoms with Crippen molar-refractivity contribution in [3.63, 3.8) is 0 Å². The number of esters is 1. The molecule has 0 heterocycles. The Bertz CT molecular complexity index is 1140. The number of rotatable bonds is 14. The van der Waals surface area contributed by atoms with Crippen LogP contribution in [0.1, 0.15) is 50.5 Å². The van der Waals surface area contributed by atoms with E-state index in [9.17, 15) is 23.1 Å². The summed E-state index contributed by atoms with van der Waals surface area (Å²) in [6.07, 6.45) is -0.931. The smallest absolute Gasteiger partial charge is 0.339 e. The fraction of sp³-hybridized carbons (Fsp3) is 0.462. The molecule has 2 aromatic carbocycles. The van der Waals surface area contributed by atoms with E-state index in [0.717, 1.165) is 28.1 Å². The molecule has 0 aromatic heterocycles. The molecule has 0 spiro atoms.